The molecule has 26 heavy (non-hydrogen) atoms. The Morgan fingerprint density at radius 2 is 1.73 bits per heavy atom. The normalized spacial score (nSPS) is 11.6. The van der Waals surface area contributed by atoms with E-state index >= 15 is 0 Å². The third-order valence-electron chi connectivity index (χ3n) is 3.83. The predicted octanol–water partition coefficient (Wildman–Crippen LogP) is 3.43. The van der Waals surface area contributed by atoms with Gasteiger partial charge in [-0.05, 0) is 31.2 Å². The largest absolute Gasteiger partial charge is 0.495 e. The van der Waals surface area contributed by atoms with Crippen LogP contribution in [0.4, 0.5) is 5.69 Å². The first-order valence-corrected chi connectivity index (χ1v) is 8.09. The zero-order valence-electron chi connectivity index (χ0n) is 14.4. The summed E-state index contributed by atoms with van der Waals surface area (Å²) in [4.78, 5) is 28.9. The van der Waals surface area contributed by atoms with E-state index in [0.717, 1.165) is 5.39 Å². The van der Waals surface area contributed by atoms with E-state index < -0.39 is 18.0 Å². The third kappa shape index (κ3) is 3.80. The van der Waals surface area contributed by atoms with Gasteiger partial charge >= 0.3 is 5.97 Å². The van der Waals surface area contributed by atoms with Gasteiger partial charge in [-0.25, -0.2) is 9.78 Å². The van der Waals surface area contributed by atoms with E-state index in [1.807, 2.05) is 24.3 Å². The van der Waals surface area contributed by atoms with Crippen LogP contribution in [0.2, 0.25) is 0 Å². The minimum absolute atomic E-state index is 0.153. The average Bonchev–Trinajstić information content (AvgIpc) is 2.67. The minimum atomic E-state index is -0.985. The number of carbonyl (C=O) groups is 2. The number of nitrogens with zero attached hydrogens (tertiary/aromatic N) is 1. The van der Waals surface area contributed by atoms with E-state index in [1.54, 1.807) is 36.4 Å². The zero-order valence-corrected chi connectivity index (χ0v) is 14.4. The summed E-state index contributed by atoms with van der Waals surface area (Å²) in [5.41, 5.74) is 1.35. The quantitative estimate of drug-likeness (QED) is 0.713. The summed E-state index contributed by atoms with van der Waals surface area (Å²) >= 11 is 0. The molecule has 0 radical (unpaired) electrons. The van der Waals surface area contributed by atoms with Gasteiger partial charge in [-0.15, -0.1) is 0 Å². The molecule has 1 heterocycles. The number of benzene rings is 2. The van der Waals surface area contributed by atoms with Crippen molar-refractivity contribution in [3.63, 3.8) is 0 Å². The van der Waals surface area contributed by atoms with Gasteiger partial charge in [-0.1, -0.05) is 36.4 Å². The molecular formula is C20H18N2O4. The molecular weight excluding hydrogens is 332 g/mol. The highest BCUT2D eigenvalue weighted by Crippen LogP contribution is 2.23. The molecule has 6 nitrogen and oxygen atoms in total. The fraction of sp³-hybridized carbons (Fsp3) is 0.150. The van der Waals surface area contributed by atoms with Gasteiger partial charge in [0, 0.05) is 5.39 Å². The van der Waals surface area contributed by atoms with Gasteiger partial charge in [-0.3, -0.25) is 4.79 Å². The van der Waals surface area contributed by atoms with E-state index in [0.29, 0.717) is 17.0 Å². The van der Waals surface area contributed by atoms with Gasteiger partial charge < -0.3 is 14.8 Å². The highest BCUT2D eigenvalue weighted by atomic mass is 16.5. The minimum Gasteiger partial charge on any atom is -0.495 e. The van der Waals surface area contributed by atoms with Gasteiger partial charge in [0.2, 0.25) is 0 Å². The Hall–Kier alpha value is -3.41. The number of para-hydroxylation sites is 3. The number of fused-ring (bicyclic) bond motifs is 1. The van der Waals surface area contributed by atoms with Crippen molar-refractivity contribution in [2.75, 3.05) is 12.4 Å². The number of aromatic nitrogens is 1. The molecule has 0 aliphatic heterocycles. The first kappa shape index (κ1) is 17.4. The highest BCUT2D eigenvalue weighted by Gasteiger charge is 2.21. The molecule has 0 aliphatic carbocycles. The number of ether oxygens (including phenoxy) is 2. The topological polar surface area (TPSA) is 77.5 Å². The molecule has 0 saturated heterocycles. The fourth-order valence-electron chi connectivity index (χ4n) is 2.44. The Morgan fingerprint density at radius 3 is 2.54 bits per heavy atom. The summed E-state index contributed by atoms with van der Waals surface area (Å²) in [6, 6.07) is 17.8. The number of rotatable bonds is 5. The maximum absolute atomic E-state index is 12.3. The first-order chi connectivity index (χ1) is 12.6. The number of methoxy groups -OCH3 is 1. The number of hydrogen-bond donors (Lipinski definition) is 1. The number of nitrogens with one attached hydrogen (secondary N) is 1. The van der Waals surface area contributed by atoms with Crippen molar-refractivity contribution in [2.45, 2.75) is 13.0 Å². The van der Waals surface area contributed by atoms with Gasteiger partial charge in [0.25, 0.3) is 5.91 Å². The number of carbonyl (C=O) groups excluding carboxylic acids is 2. The SMILES string of the molecule is COc1ccccc1NC(=O)[C@@H](C)OC(=O)c1ccc2ccccc2n1. The zero-order chi connectivity index (χ0) is 18.5. The molecule has 3 rings (SSSR count). The molecule has 2 aromatic carbocycles. The van der Waals surface area contributed by atoms with Gasteiger partial charge in [0.05, 0.1) is 18.3 Å². The Morgan fingerprint density at radius 1 is 1.00 bits per heavy atom. The summed E-state index contributed by atoms with van der Waals surface area (Å²) in [6.45, 7) is 1.50. The lowest BCUT2D eigenvalue weighted by atomic mass is 10.2. The molecule has 1 aromatic heterocycles. The predicted molar refractivity (Wildman–Crippen MR) is 98.2 cm³/mol. The van der Waals surface area contributed by atoms with Crippen molar-refractivity contribution < 1.29 is 19.1 Å². The van der Waals surface area contributed by atoms with Gasteiger partial charge in [0.1, 0.15) is 11.4 Å². The van der Waals surface area contributed by atoms with E-state index in [1.165, 1.54) is 14.0 Å². The molecule has 0 saturated carbocycles. The molecule has 0 unspecified atom stereocenters. The monoisotopic (exact) mass is 350 g/mol. The number of hydrogen-bond acceptors (Lipinski definition) is 5. The molecule has 0 spiro atoms. The average molecular weight is 350 g/mol. The number of amides is 1. The van der Waals surface area contributed by atoms with Gasteiger partial charge in [0.15, 0.2) is 6.10 Å². The fourth-order valence-corrected chi connectivity index (χ4v) is 2.44. The molecule has 6 heteroatoms. The van der Waals surface area contributed by atoms with Crippen LogP contribution in [0.5, 0.6) is 5.75 Å². The van der Waals surface area contributed by atoms with Crippen molar-refractivity contribution in [3.05, 3.63) is 66.4 Å². The lowest BCUT2D eigenvalue weighted by Crippen LogP contribution is -2.30. The van der Waals surface area contributed by atoms with Crippen LogP contribution in [-0.2, 0) is 9.53 Å². The van der Waals surface area contributed by atoms with Crippen LogP contribution in [0.15, 0.2) is 60.7 Å². The summed E-state index contributed by atoms with van der Waals surface area (Å²) in [6.07, 6.45) is -0.985. The summed E-state index contributed by atoms with van der Waals surface area (Å²) in [5, 5.41) is 3.61. The van der Waals surface area contributed by atoms with Crippen LogP contribution < -0.4 is 10.1 Å². The molecule has 1 N–H and O–H groups in total. The third-order valence-corrected chi connectivity index (χ3v) is 3.83. The summed E-state index contributed by atoms with van der Waals surface area (Å²) < 4.78 is 10.4. The van der Waals surface area contributed by atoms with E-state index in [2.05, 4.69) is 10.3 Å². The Bertz CT molecular complexity index is 955. The van der Waals surface area contributed by atoms with E-state index in [4.69, 9.17) is 9.47 Å². The van der Waals surface area contributed by atoms with Crippen molar-refractivity contribution >= 4 is 28.5 Å². The highest BCUT2D eigenvalue weighted by molar-refractivity contribution is 5.98. The second kappa shape index (κ2) is 7.65. The van der Waals surface area contributed by atoms with Crippen LogP contribution in [-0.4, -0.2) is 30.1 Å². The van der Waals surface area contributed by atoms with Crippen LogP contribution in [0.3, 0.4) is 0 Å². The van der Waals surface area contributed by atoms with E-state index in [9.17, 15) is 9.59 Å². The molecule has 1 atom stereocenters. The second-order valence-corrected chi connectivity index (χ2v) is 5.63. The Labute approximate surface area is 150 Å². The molecule has 3 aromatic rings. The number of pyridine rings is 1. The Kier molecular flexibility index (Phi) is 5.12. The lowest BCUT2D eigenvalue weighted by Gasteiger charge is -2.15. The molecule has 0 aliphatic rings. The Balaban J connectivity index is 1.68. The number of esters is 1. The summed E-state index contributed by atoms with van der Waals surface area (Å²) in [7, 11) is 1.51. The molecule has 0 bridgehead atoms. The van der Waals surface area contributed by atoms with E-state index in [-0.39, 0.29) is 5.69 Å². The van der Waals surface area contributed by atoms with Crippen molar-refractivity contribution in [1.29, 1.82) is 0 Å². The maximum Gasteiger partial charge on any atom is 0.357 e. The smallest absolute Gasteiger partial charge is 0.357 e. The van der Waals surface area contributed by atoms with Crippen LogP contribution >= 0.6 is 0 Å². The lowest BCUT2D eigenvalue weighted by molar-refractivity contribution is -0.123. The molecule has 132 valence electrons. The summed E-state index contributed by atoms with van der Waals surface area (Å²) in [5.74, 6) is -0.586. The maximum atomic E-state index is 12.3. The molecule has 1 amide bonds. The van der Waals surface area contributed by atoms with Crippen molar-refractivity contribution in [1.82, 2.24) is 4.98 Å². The number of anilines is 1. The van der Waals surface area contributed by atoms with Crippen molar-refractivity contribution in [2.24, 2.45) is 0 Å². The standard InChI is InChI=1S/C20H18N2O4/c1-13(19(23)22-16-9-5-6-10-18(16)25-2)26-20(24)17-12-11-14-7-3-4-8-15(14)21-17/h3-13H,1-2H3,(H,22,23)/t13-/m1/s1. The van der Waals surface area contributed by atoms with Gasteiger partial charge in [-0.2, -0.15) is 0 Å². The van der Waals surface area contributed by atoms with Crippen LogP contribution in [0, 0.1) is 0 Å². The van der Waals surface area contributed by atoms with Crippen molar-refractivity contribution in [3.8, 4) is 5.75 Å². The molecule has 0 fully saturated rings. The second-order valence-electron chi connectivity index (χ2n) is 5.63. The first-order valence-electron chi connectivity index (χ1n) is 8.09. The van der Waals surface area contributed by atoms with Crippen LogP contribution in [0.1, 0.15) is 17.4 Å². The van der Waals surface area contributed by atoms with Crippen LogP contribution in [0.25, 0.3) is 10.9 Å².